The van der Waals surface area contributed by atoms with E-state index in [2.05, 4.69) is 10.3 Å². The molecule has 3 rings (SSSR count). The average Bonchev–Trinajstić information content (AvgIpc) is 2.40. The van der Waals surface area contributed by atoms with Crippen molar-refractivity contribution < 1.29 is 4.79 Å². The number of nitrogens with zero attached hydrogens (tertiary/aromatic N) is 1. The molecular weight excluding hydrogens is 252 g/mol. The summed E-state index contributed by atoms with van der Waals surface area (Å²) in [5.74, 6) is -0.124. The molecule has 1 aromatic heterocycles. The second kappa shape index (κ2) is 4.38. The van der Waals surface area contributed by atoms with Crippen LogP contribution in [-0.2, 0) is 4.79 Å². The lowest BCUT2D eigenvalue weighted by Gasteiger charge is -2.09. The Labute approximate surface area is 115 Å². The zero-order valence-electron chi connectivity index (χ0n) is 11.0. The third kappa shape index (κ3) is 1.99. The van der Waals surface area contributed by atoms with Crippen molar-refractivity contribution in [2.24, 2.45) is 0 Å². The van der Waals surface area contributed by atoms with Crippen LogP contribution in [0, 0.1) is 0 Å². The van der Waals surface area contributed by atoms with Gasteiger partial charge in [-0.1, -0.05) is 0 Å². The molecule has 1 amide bonds. The molecule has 100 valence electrons. The highest BCUT2D eigenvalue weighted by atomic mass is 16.1. The summed E-state index contributed by atoms with van der Waals surface area (Å²) in [4.78, 5) is 15.7. The Balaban J connectivity index is 2.30. The summed E-state index contributed by atoms with van der Waals surface area (Å²) < 4.78 is 0. The predicted molar refractivity (Wildman–Crippen MR) is 82.4 cm³/mol. The first-order chi connectivity index (χ1) is 9.54. The van der Waals surface area contributed by atoms with Gasteiger partial charge in [0.15, 0.2) is 0 Å². The van der Waals surface area contributed by atoms with E-state index in [9.17, 15) is 4.79 Å². The van der Waals surface area contributed by atoms with Gasteiger partial charge in [-0.2, -0.15) is 0 Å². The van der Waals surface area contributed by atoms with Crippen LogP contribution in [0.3, 0.4) is 0 Å². The third-order valence-electron chi connectivity index (χ3n) is 3.16. The molecular formula is C15H14N4O. The molecule has 0 saturated carbocycles. The van der Waals surface area contributed by atoms with Crippen LogP contribution < -0.4 is 16.8 Å². The van der Waals surface area contributed by atoms with Gasteiger partial charge in [0.2, 0.25) is 5.91 Å². The normalized spacial score (nSPS) is 10.8. The molecule has 0 radical (unpaired) electrons. The zero-order chi connectivity index (χ0) is 14.3. The first-order valence-corrected chi connectivity index (χ1v) is 6.20. The number of nitrogens with two attached hydrogens (primary N) is 2. The Morgan fingerprint density at radius 1 is 1.05 bits per heavy atom. The van der Waals surface area contributed by atoms with Gasteiger partial charge in [0, 0.05) is 29.1 Å². The molecule has 5 heteroatoms. The summed E-state index contributed by atoms with van der Waals surface area (Å²) in [5.41, 5.74) is 15.5. The van der Waals surface area contributed by atoms with Crippen LogP contribution >= 0.6 is 0 Å². The molecule has 0 aliphatic carbocycles. The number of aromatic nitrogens is 1. The molecule has 20 heavy (non-hydrogen) atoms. The minimum Gasteiger partial charge on any atom is -0.399 e. The Morgan fingerprint density at radius 3 is 2.40 bits per heavy atom. The lowest BCUT2D eigenvalue weighted by Crippen LogP contribution is -2.05. The molecule has 5 nitrogen and oxygen atoms in total. The molecule has 0 unspecified atom stereocenters. The van der Waals surface area contributed by atoms with Gasteiger partial charge in [-0.15, -0.1) is 0 Å². The number of hydrogen-bond acceptors (Lipinski definition) is 4. The highest BCUT2D eigenvalue weighted by Gasteiger charge is 2.08. The Hall–Kier alpha value is -2.82. The Morgan fingerprint density at radius 2 is 1.70 bits per heavy atom. The standard InChI is InChI=1S/C15H14N4O/c1-8(20)18-10-3-5-14-12(7-10)15(17)11-6-9(16)2-4-13(11)19-14/h2-7H,16H2,1H3,(H2,17,19)(H,18,20). The van der Waals surface area contributed by atoms with Crippen molar-refractivity contribution in [2.45, 2.75) is 6.92 Å². The van der Waals surface area contributed by atoms with Crippen LogP contribution in [0.15, 0.2) is 36.4 Å². The van der Waals surface area contributed by atoms with Gasteiger partial charge in [-0.05, 0) is 36.4 Å². The fourth-order valence-corrected chi connectivity index (χ4v) is 2.27. The molecule has 2 aromatic carbocycles. The molecule has 0 aliphatic rings. The van der Waals surface area contributed by atoms with E-state index in [0.29, 0.717) is 17.1 Å². The van der Waals surface area contributed by atoms with Crippen LogP contribution in [0.2, 0.25) is 0 Å². The molecule has 0 fully saturated rings. The van der Waals surface area contributed by atoms with Crippen molar-refractivity contribution in [3.05, 3.63) is 36.4 Å². The lowest BCUT2D eigenvalue weighted by molar-refractivity contribution is -0.114. The topological polar surface area (TPSA) is 94.0 Å². The van der Waals surface area contributed by atoms with E-state index in [0.717, 1.165) is 21.8 Å². The van der Waals surface area contributed by atoms with Crippen molar-refractivity contribution in [1.82, 2.24) is 4.98 Å². The van der Waals surface area contributed by atoms with Gasteiger partial charge >= 0.3 is 0 Å². The minimum absolute atomic E-state index is 0.124. The average molecular weight is 266 g/mol. The van der Waals surface area contributed by atoms with E-state index in [1.54, 1.807) is 12.1 Å². The van der Waals surface area contributed by atoms with Gasteiger partial charge in [0.05, 0.1) is 16.7 Å². The summed E-state index contributed by atoms with van der Waals surface area (Å²) in [5, 5.41) is 4.35. The summed E-state index contributed by atoms with van der Waals surface area (Å²) >= 11 is 0. The van der Waals surface area contributed by atoms with E-state index in [-0.39, 0.29) is 5.91 Å². The highest BCUT2D eigenvalue weighted by Crippen LogP contribution is 2.31. The number of pyridine rings is 1. The summed E-state index contributed by atoms with van der Waals surface area (Å²) in [7, 11) is 0. The number of nitrogens with one attached hydrogen (secondary N) is 1. The minimum atomic E-state index is -0.124. The SMILES string of the molecule is CC(=O)Nc1ccc2nc3ccc(N)cc3c(N)c2c1. The molecule has 0 bridgehead atoms. The number of amides is 1. The number of anilines is 3. The van der Waals surface area contributed by atoms with E-state index in [1.165, 1.54) is 6.92 Å². The first kappa shape index (κ1) is 12.2. The first-order valence-electron chi connectivity index (χ1n) is 6.20. The number of fused-ring (bicyclic) bond motifs is 2. The smallest absolute Gasteiger partial charge is 0.221 e. The lowest BCUT2D eigenvalue weighted by atomic mass is 10.1. The van der Waals surface area contributed by atoms with Gasteiger partial charge in [0.1, 0.15) is 0 Å². The summed E-state index contributed by atoms with van der Waals surface area (Å²) in [6.07, 6.45) is 0. The fourth-order valence-electron chi connectivity index (χ4n) is 2.27. The number of rotatable bonds is 1. The molecule has 0 saturated heterocycles. The second-order valence-electron chi connectivity index (χ2n) is 4.72. The number of hydrogen-bond donors (Lipinski definition) is 3. The van der Waals surface area contributed by atoms with Gasteiger partial charge in [-0.25, -0.2) is 4.98 Å². The number of carbonyl (C=O) groups is 1. The van der Waals surface area contributed by atoms with E-state index < -0.39 is 0 Å². The monoisotopic (exact) mass is 266 g/mol. The van der Waals surface area contributed by atoms with Crippen LogP contribution in [0.5, 0.6) is 0 Å². The zero-order valence-corrected chi connectivity index (χ0v) is 11.0. The van der Waals surface area contributed by atoms with Crippen molar-refractivity contribution in [2.75, 3.05) is 16.8 Å². The van der Waals surface area contributed by atoms with E-state index in [1.807, 2.05) is 24.3 Å². The Bertz CT molecular complexity index is 842. The maximum absolute atomic E-state index is 11.1. The maximum atomic E-state index is 11.1. The molecule has 0 atom stereocenters. The molecule has 5 N–H and O–H groups in total. The van der Waals surface area contributed by atoms with E-state index >= 15 is 0 Å². The Kier molecular flexibility index (Phi) is 2.68. The maximum Gasteiger partial charge on any atom is 0.221 e. The van der Waals surface area contributed by atoms with E-state index in [4.69, 9.17) is 11.5 Å². The van der Waals surface area contributed by atoms with Gasteiger partial charge in [0.25, 0.3) is 0 Å². The highest BCUT2D eigenvalue weighted by molar-refractivity contribution is 6.08. The fraction of sp³-hybridized carbons (Fsp3) is 0.0667. The molecule has 1 heterocycles. The second-order valence-corrected chi connectivity index (χ2v) is 4.72. The number of carbonyl (C=O) groups excluding carboxylic acids is 1. The molecule has 3 aromatic rings. The quantitative estimate of drug-likeness (QED) is 0.466. The van der Waals surface area contributed by atoms with Crippen LogP contribution in [-0.4, -0.2) is 10.9 Å². The number of nitrogen functional groups attached to an aromatic ring is 2. The third-order valence-corrected chi connectivity index (χ3v) is 3.16. The largest absolute Gasteiger partial charge is 0.399 e. The predicted octanol–water partition coefficient (Wildman–Crippen LogP) is 2.51. The van der Waals surface area contributed by atoms with Crippen LogP contribution in [0.1, 0.15) is 6.92 Å². The van der Waals surface area contributed by atoms with Crippen molar-refractivity contribution in [1.29, 1.82) is 0 Å². The molecule has 0 spiro atoms. The van der Waals surface area contributed by atoms with Crippen molar-refractivity contribution in [3.8, 4) is 0 Å². The van der Waals surface area contributed by atoms with Crippen molar-refractivity contribution >= 4 is 44.8 Å². The summed E-state index contributed by atoms with van der Waals surface area (Å²) in [6.45, 7) is 1.47. The molecule has 0 aliphatic heterocycles. The number of benzene rings is 2. The van der Waals surface area contributed by atoms with Crippen molar-refractivity contribution in [3.63, 3.8) is 0 Å². The summed E-state index contributed by atoms with van der Waals surface area (Å²) in [6, 6.07) is 10.9. The van der Waals surface area contributed by atoms with Gasteiger partial charge < -0.3 is 16.8 Å². The van der Waals surface area contributed by atoms with Crippen LogP contribution in [0.4, 0.5) is 17.1 Å². The van der Waals surface area contributed by atoms with Crippen LogP contribution in [0.25, 0.3) is 21.8 Å². The van der Waals surface area contributed by atoms with Gasteiger partial charge in [-0.3, -0.25) is 4.79 Å².